The van der Waals surface area contributed by atoms with Gasteiger partial charge in [0.2, 0.25) is 0 Å². The van der Waals surface area contributed by atoms with Gasteiger partial charge in [-0.2, -0.15) is 0 Å². The molecule has 0 fully saturated rings. The van der Waals surface area contributed by atoms with Crippen LogP contribution in [0.5, 0.6) is 11.5 Å². The minimum Gasteiger partial charge on any atom is -0.492 e. The number of nitrogens with zero attached hydrogens (tertiary/aromatic N) is 5. The number of carbonyl (C=O) groups excluding carboxylic acids is 1. The summed E-state index contributed by atoms with van der Waals surface area (Å²) in [5.74, 6) is -1.23. The number of amides is 1. The first-order chi connectivity index (χ1) is 22.2. The number of pyridine rings is 1. The Labute approximate surface area is 268 Å². The minimum absolute atomic E-state index is 0.0576. The largest absolute Gasteiger partial charge is 0.492 e. The molecule has 14 heteroatoms. The van der Waals surface area contributed by atoms with Crippen LogP contribution >= 0.6 is 11.6 Å². The zero-order valence-electron chi connectivity index (χ0n) is 25.1. The molecule has 3 heterocycles. The Bertz CT molecular complexity index is 1900. The summed E-state index contributed by atoms with van der Waals surface area (Å²) in [5, 5.41) is 21.0. The van der Waals surface area contributed by atoms with E-state index in [0.717, 1.165) is 18.8 Å². The van der Waals surface area contributed by atoms with Crippen LogP contribution < -0.4 is 25.3 Å². The number of aliphatic carboxylic acids is 1. The number of carboxylic acid groups (broad SMARTS) is 1. The van der Waals surface area contributed by atoms with Gasteiger partial charge in [-0.3, -0.25) is 9.59 Å². The molecule has 2 N–H and O–H groups in total. The topological polar surface area (TPSA) is 162 Å². The number of aromatic nitrogens is 4. The summed E-state index contributed by atoms with van der Waals surface area (Å²) < 4.78 is 18.9. The van der Waals surface area contributed by atoms with Gasteiger partial charge in [-0.1, -0.05) is 16.8 Å². The van der Waals surface area contributed by atoms with Gasteiger partial charge in [0, 0.05) is 58.6 Å². The molecule has 13 nitrogen and oxygen atoms in total. The van der Waals surface area contributed by atoms with Gasteiger partial charge in [-0.15, -0.1) is 5.10 Å². The van der Waals surface area contributed by atoms with E-state index in [1.54, 1.807) is 41.2 Å². The summed E-state index contributed by atoms with van der Waals surface area (Å²) in [4.78, 5) is 42.8. The van der Waals surface area contributed by atoms with E-state index in [1.807, 2.05) is 32.0 Å². The number of carbonyl (C=O) groups is 2. The number of nitrogens with one attached hydrogen (secondary N) is 1. The predicted molar refractivity (Wildman–Crippen MR) is 171 cm³/mol. The number of anilines is 1. The fraction of sp³-hybridized carbons (Fsp3) is 0.250. The van der Waals surface area contributed by atoms with E-state index in [1.165, 1.54) is 12.3 Å². The minimum atomic E-state index is -1.21. The molecule has 0 aliphatic rings. The number of fused-ring (bicyclic) bond motifs is 1. The number of benzene rings is 2. The molecule has 0 radical (unpaired) electrons. The summed E-state index contributed by atoms with van der Waals surface area (Å²) >= 11 is 5.92. The predicted octanol–water partition coefficient (Wildman–Crippen LogP) is 4.42. The molecule has 0 spiro atoms. The van der Waals surface area contributed by atoms with E-state index in [0.29, 0.717) is 51.7 Å². The van der Waals surface area contributed by atoms with Gasteiger partial charge in [-0.05, 0) is 56.3 Å². The molecule has 0 unspecified atom stereocenters. The number of hydrogen-bond acceptors (Lipinski definition) is 10. The maximum Gasteiger partial charge on any atom is 0.336 e. The van der Waals surface area contributed by atoms with Crippen molar-refractivity contribution in [2.75, 3.05) is 31.1 Å². The van der Waals surface area contributed by atoms with E-state index >= 15 is 0 Å². The van der Waals surface area contributed by atoms with Gasteiger partial charge in [-0.25, -0.2) is 14.5 Å². The Kier molecular flexibility index (Phi) is 10.1. The van der Waals surface area contributed by atoms with E-state index in [4.69, 9.17) is 30.6 Å². The van der Waals surface area contributed by atoms with Gasteiger partial charge in [0.1, 0.15) is 36.8 Å². The quantitative estimate of drug-likeness (QED) is 0.164. The number of rotatable bonds is 14. The summed E-state index contributed by atoms with van der Waals surface area (Å²) in [6.45, 7) is 5.68. The number of carboxylic acids is 1. The van der Waals surface area contributed by atoms with Crippen LogP contribution in [-0.2, 0) is 17.9 Å². The van der Waals surface area contributed by atoms with Crippen LogP contribution in [0.1, 0.15) is 29.9 Å². The molecule has 2 aromatic carbocycles. The average Bonchev–Trinajstić information content (AvgIpc) is 3.52. The van der Waals surface area contributed by atoms with Crippen LogP contribution in [0.15, 0.2) is 76.2 Å². The Morgan fingerprint density at radius 3 is 2.59 bits per heavy atom. The fourth-order valence-corrected chi connectivity index (χ4v) is 4.84. The van der Waals surface area contributed by atoms with Crippen LogP contribution in [0.4, 0.5) is 5.69 Å². The third-order valence-corrected chi connectivity index (χ3v) is 7.28. The van der Waals surface area contributed by atoms with Crippen molar-refractivity contribution in [3.8, 4) is 22.8 Å². The summed E-state index contributed by atoms with van der Waals surface area (Å²) in [7, 11) is 0. The molecule has 0 bridgehead atoms. The molecule has 238 valence electrons. The molecule has 0 saturated heterocycles. The van der Waals surface area contributed by atoms with Crippen molar-refractivity contribution in [3.63, 3.8) is 0 Å². The van der Waals surface area contributed by atoms with E-state index in [-0.39, 0.29) is 18.1 Å². The smallest absolute Gasteiger partial charge is 0.336 e. The Morgan fingerprint density at radius 2 is 1.85 bits per heavy atom. The summed E-state index contributed by atoms with van der Waals surface area (Å²) in [5.41, 5.74) is 2.12. The first-order valence-corrected chi connectivity index (χ1v) is 14.8. The van der Waals surface area contributed by atoms with E-state index < -0.39 is 24.0 Å². The lowest BCUT2D eigenvalue weighted by Crippen LogP contribution is -2.30. The summed E-state index contributed by atoms with van der Waals surface area (Å²) in [6, 6.07) is 15.5. The van der Waals surface area contributed by atoms with Gasteiger partial charge in [0.05, 0.1) is 12.7 Å². The number of hydrogen-bond donors (Lipinski definition) is 2. The van der Waals surface area contributed by atoms with Gasteiger partial charge < -0.3 is 29.2 Å². The molecule has 3 aromatic heterocycles. The zero-order valence-corrected chi connectivity index (χ0v) is 25.9. The summed E-state index contributed by atoms with van der Waals surface area (Å²) in [6.07, 6.45) is 3.11. The van der Waals surface area contributed by atoms with Crippen molar-refractivity contribution < 1.29 is 28.6 Å². The van der Waals surface area contributed by atoms with Crippen LogP contribution in [0.2, 0.25) is 5.02 Å². The molecule has 46 heavy (non-hydrogen) atoms. The van der Waals surface area contributed by atoms with Crippen molar-refractivity contribution in [2.45, 2.75) is 27.0 Å². The second kappa shape index (κ2) is 14.6. The molecule has 0 aliphatic carbocycles. The van der Waals surface area contributed by atoms with Crippen molar-refractivity contribution in [3.05, 3.63) is 93.7 Å². The van der Waals surface area contributed by atoms with Crippen LogP contribution in [-0.4, -0.2) is 63.2 Å². The van der Waals surface area contributed by atoms with Gasteiger partial charge >= 0.3 is 11.6 Å². The third-order valence-electron chi connectivity index (χ3n) is 7.03. The Balaban J connectivity index is 1.38. The van der Waals surface area contributed by atoms with Crippen LogP contribution in [0.25, 0.3) is 22.2 Å². The third kappa shape index (κ3) is 7.80. The Morgan fingerprint density at radius 1 is 1.07 bits per heavy atom. The van der Waals surface area contributed by atoms with Crippen molar-refractivity contribution in [1.29, 1.82) is 0 Å². The first kappa shape index (κ1) is 32.0. The number of halogens is 1. The monoisotopic (exact) mass is 646 g/mol. The van der Waals surface area contributed by atoms with Crippen LogP contribution in [0, 0.1) is 0 Å². The Hall–Kier alpha value is -5.43. The van der Waals surface area contributed by atoms with Crippen LogP contribution in [0.3, 0.4) is 0 Å². The van der Waals surface area contributed by atoms with Gasteiger partial charge in [0.15, 0.2) is 11.4 Å². The second-order valence-electron chi connectivity index (χ2n) is 10.0. The lowest BCUT2D eigenvalue weighted by Gasteiger charge is -2.21. The molecular weight excluding hydrogens is 616 g/mol. The van der Waals surface area contributed by atoms with Crippen molar-refractivity contribution in [2.24, 2.45) is 0 Å². The maximum atomic E-state index is 12.9. The van der Waals surface area contributed by atoms with Gasteiger partial charge in [0.25, 0.3) is 5.91 Å². The van der Waals surface area contributed by atoms with Crippen molar-refractivity contribution in [1.82, 2.24) is 25.3 Å². The molecule has 5 rings (SSSR count). The highest BCUT2D eigenvalue weighted by Crippen LogP contribution is 2.28. The zero-order chi connectivity index (χ0) is 32.6. The molecule has 0 atom stereocenters. The maximum absolute atomic E-state index is 12.9. The fourth-order valence-electron chi connectivity index (χ4n) is 4.71. The molecular formula is C32H31ClN6O7. The van der Waals surface area contributed by atoms with Crippen molar-refractivity contribution >= 4 is 40.1 Å². The lowest BCUT2D eigenvalue weighted by molar-refractivity contribution is -0.135. The highest BCUT2D eigenvalue weighted by Gasteiger charge is 2.19. The lowest BCUT2D eigenvalue weighted by atomic mass is 10.1. The molecule has 5 aromatic rings. The second-order valence-corrected chi connectivity index (χ2v) is 10.5. The number of ether oxygens (including phenoxy) is 2. The standard InChI is InChI=1S/C32H31ClN6O7/c1-3-38(4-2)23-7-10-25-21(14-30(42)46-27(25)15-23)19-45-28-13-20(16-34-31(28)32(43)35-17-29(40)41)26-18-39(37-36-26)11-12-44-24-8-5-22(33)6-9-24/h5-10,13-16,18H,3-4,11-12,17,19H2,1-2H3,(H,35,43)(H,40,41). The molecule has 0 aliphatic heterocycles. The highest BCUT2D eigenvalue weighted by atomic mass is 35.5. The normalized spacial score (nSPS) is 10.9. The average molecular weight is 647 g/mol. The molecule has 0 saturated carbocycles. The van der Waals surface area contributed by atoms with E-state index in [9.17, 15) is 14.4 Å². The first-order valence-electron chi connectivity index (χ1n) is 14.5. The SMILES string of the molecule is CCN(CC)c1ccc2c(COc3cc(-c4cn(CCOc5ccc(Cl)cc5)nn4)cnc3C(=O)NCC(=O)O)cc(=O)oc2c1. The highest BCUT2D eigenvalue weighted by molar-refractivity contribution is 6.30. The van der Waals surface area contributed by atoms with E-state index in [2.05, 4.69) is 25.5 Å². The molecule has 1 amide bonds.